The van der Waals surface area contributed by atoms with Gasteiger partial charge in [-0.1, -0.05) is 24.3 Å². The van der Waals surface area contributed by atoms with Gasteiger partial charge in [-0.3, -0.25) is 4.90 Å². The van der Waals surface area contributed by atoms with Gasteiger partial charge < -0.3 is 5.11 Å². The zero-order valence-corrected chi connectivity index (χ0v) is 9.97. The first kappa shape index (κ1) is 12.1. The monoisotopic (exact) mass is 230 g/mol. The van der Waals surface area contributed by atoms with E-state index in [9.17, 15) is 5.11 Å². The van der Waals surface area contributed by atoms with Gasteiger partial charge in [0.1, 0.15) is 0 Å². The number of nitriles is 1. The second-order valence-electron chi connectivity index (χ2n) is 4.44. The summed E-state index contributed by atoms with van der Waals surface area (Å²) < 4.78 is 0. The van der Waals surface area contributed by atoms with Crippen LogP contribution in [-0.2, 0) is 6.42 Å². The Bertz CT molecular complexity index is 411. The first-order chi connectivity index (χ1) is 8.36. The third-order valence-electron chi connectivity index (χ3n) is 3.43. The highest BCUT2D eigenvalue weighted by Gasteiger charge is 2.25. The quantitative estimate of drug-likeness (QED) is 0.803. The normalized spacial score (nSPS) is 19.6. The van der Waals surface area contributed by atoms with Crippen molar-refractivity contribution in [3.05, 3.63) is 35.4 Å². The van der Waals surface area contributed by atoms with Crippen LogP contribution in [0.3, 0.4) is 0 Å². The van der Waals surface area contributed by atoms with Crippen molar-refractivity contribution in [3.8, 4) is 6.07 Å². The van der Waals surface area contributed by atoms with Crippen LogP contribution in [0.4, 0.5) is 0 Å². The zero-order valence-electron chi connectivity index (χ0n) is 9.97. The van der Waals surface area contributed by atoms with Crippen molar-refractivity contribution in [1.29, 1.82) is 5.26 Å². The van der Waals surface area contributed by atoms with E-state index in [1.165, 1.54) is 11.1 Å². The average molecular weight is 230 g/mol. The van der Waals surface area contributed by atoms with Gasteiger partial charge in [0.25, 0.3) is 0 Å². The number of nitrogens with zero attached hydrogens (tertiary/aromatic N) is 2. The Morgan fingerprint density at radius 2 is 2.24 bits per heavy atom. The highest BCUT2D eigenvalue weighted by atomic mass is 16.3. The molecule has 0 amide bonds. The lowest BCUT2D eigenvalue weighted by Gasteiger charge is -2.36. The van der Waals surface area contributed by atoms with Crippen LogP contribution in [0.5, 0.6) is 0 Å². The molecule has 17 heavy (non-hydrogen) atoms. The molecule has 1 aromatic rings. The summed E-state index contributed by atoms with van der Waals surface area (Å²) >= 11 is 0. The third kappa shape index (κ3) is 2.66. The average Bonchev–Trinajstić information content (AvgIpc) is 2.38. The molecule has 3 heteroatoms. The molecule has 0 saturated carbocycles. The predicted molar refractivity (Wildman–Crippen MR) is 66.4 cm³/mol. The van der Waals surface area contributed by atoms with E-state index in [0.29, 0.717) is 6.42 Å². The second-order valence-corrected chi connectivity index (χ2v) is 4.44. The number of aliphatic hydroxyl groups excluding tert-OH is 1. The number of hydrogen-bond donors (Lipinski definition) is 1. The van der Waals surface area contributed by atoms with Crippen LogP contribution in [0.2, 0.25) is 0 Å². The first-order valence-electron chi connectivity index (χ1n) is 6.16. The van der Waals surface area contributed by atoms with E-state index < -0.39 is 0 Å². The Balaban J connectivity index is 2.10. The molecule has 0 fully saturated rings. The third-order valence-corrected chi connectivity index (χ3v) is 3.43. The summed E-state index contributed by atoms with van der Waals surface area (Å²) in [5, 5.41) is 18.1. The molecule has 3 nitrogen and oxygen atoms in total. The molecule has 0 spiro atoms. The molecule has 0 bridgehead atoms. The van der Waals surface area contributed by atoms with E-state index in [0.717, 1.165) is 25.9 Å². The lowest BCUT2D eigenvalue weighted by molar-refractivity contribution is 0.113. The minimum atomic E-state index is 0.110. The summed E-state index contributed by atoms with van der Waals surface area (Å²) in [6, 6.07) is 10.6. The summed E-state index contributed by atoms with van der Waals surface area (Å²) in [7, 11) is 0. The van der Waals surface area contributed by atoms with E-state index >= 15 is 0 Å². The maximum Gasteiger partial charge on any atom is 0.0628 e. The zero-order chi connectivity index (χ0) is 12.1. The highest BCUT2D eigenvalue weighted by molar-refractivity contribution is 5.32. The van der Waals surface area contributed by atoms with Gasteiger partial charge in [0.05, 0.1) is 18.7 Å². The first-order valence-corrected chi connectivity index (χ1v) is 6.16. The summed E-state index contributed by atoms with van der Waals surface area (Å²) in [6.07, 6.45) is 2.52. The van der Waals surface area contributed by atoms with Crippen LogP contribution >= 0.6 is 0 Å². The number of benzene rings is 1. The van der Waals surface area contributed by atoms with Gasteiger partial charge in [-0.2, -0.15) is 5.26 Å². The highest BCUT2D eigenvalue weighted by Crippen LogP contribution is 2.29. The predicted octanol–water partition coefficient (Wildman–Crippen LogP) is 1.88. The molecule has 1 aliphatic rings. The SMILES string of the molecule is N#CCCCN1CCc2ccccc2C1CO. The van der Waals surface area contributed by atoms with Crippen LogP contribution in [0, 0.1) is 11.3 Å². The van der Waals surface area contributed by atoms with Gasteiger partial charge in [-0.25, -0.2) is 0 Å². The van der Waals surface area contributed by atoms with E-state index in [4.69, 9.17) is 5.26 Å². The smallest absolute Gasteiger partial charge is 0.0628 e. The van der Waals surface area contributed by atoms with Gasteiger partial charge in [-0.05, 0) is 30.5 Å². The van der Waals surface area contributed by atoms with Crippen molar-refractivity contribution in [1.82, 2.24) is 4.90 Å². The van der Waals surface area contributed by atoms with Crippen LogP contribution in [0.15, 0.2) is 24.3 Å². The molecule has 0 saturated heterocycles. The van der Waals surface area contributed by atoms with Crippen LogP contribution < -0.4 is 0 Å². The van der Waals surface area contributed by atoms with E-state index in [1.54, 1.807) is 0 Å². The molecule has 1 atom stereocenters. The van der Waals surface area contributed by atoms with Gasteiger partial charge in [0, 0.05) is 13.0 Å². The van der Waals surface area contributed by atoms with Crippen LogP contribution in [0.25, 0.3) is 0 Å². The minimum absolute atomic E-state index is 0.110. The molecule has 1 heterocycles. The topological polar surface area (TPSA) is 47.3 Å². The molecule has 1 aromatic carbocycles. The van der Waals surface area contributed by atoms with E-state index in [2.05, 4.69) is 29.2 Å². The number of aliphatic hydroxyl groups is 1. The minimum Gasteiger partial charge on any atom is -0.394 e. The molecule has 0 aliphatic carbocycles. The lowest BCUT2D eigenvalue weighted by Crippen LogP contribution is -2.37. The second kappa shape index (κ2) is 5.81. The number of unbranched alkanes of at least 4 members (excludes halogenated alkanes) is 1. The van der Waals surface area contributed by atoms with Crippen LogP contribution in [-0.4, -0.2) is 29.7 Å². The maximum absolute atomic E-state index is 9.56. The summed E-state index contributed by atoms with van der Waals surface area (Å²) in [5.41, 5.74) is 2.60. The standard InChI is InChI=1S/C14H18N2O/c15-8-3-4-9-16-10-7-12-5-1-2-6-13(12)14(16)11-17/h1-2,5-6,14,17H,3-4,7,9-11H2. The van der Waals surface area contributed by atoms with Crippen molar-refractivity contribution in [2.45, 2.75) is 25.3 Å². The van der Waals surface area contributed by atoms with Gasteiger partial charge >= 0.3 is 0 Å². The van der Waals surface area contributed by atoms with E-state index in [1.807, 2.05) is 6.07 Å². The van der Waals surface area contributed by atoms with Crippen molar-refractivity contribution >= 4 is 0 Å². The van der Waals surface area contributed by atoms with Gasteiger partial charge in [-0.15, -0.1) is 0 Å². The Labute approximate surface area is 102 Å². The van der Waals surface area contributed by atoms with E-state index in [-0.39, 0.29) is 12.6 Å². The molecule has 1 aliphatic heterocycles. The molecule has 0 aromatic heterocycles. The lowest BCUT2D eigenvalue weighted by atomic mass is 9.93. The van der Waals surface area contributed by atoms with Crippen LogP contribution in [0.1, 0.15) is 30.0 Å². The fourth-order valence-electron chi connectivity index (χ4n) is 2.55. The fraction of sp³-hybridized carbons (Fsp3) is 0.500. The summed E-state index contributed by atoms with van der Waals surface area (Å²) in [5.74, 6) is 0. The molecule has 90 valence electrons. The summed E-state index contributed by atoms with van der Waals surface area (Å²) in [6.45, 7) is 2.03. The molecule has 1 unspecified atom stereocenters. The Morgan fingerprint density at radius 3 is 3.00 bits per heavy atom. The Hall–Kier alpha value is -1.37. The van der Waals surface area contributed by atoms with Crippen molar-refractivity contribution in [2.75, 3.05) is 19.7 Å². The molecular weight excluding hydrogens is 212 g/mol. The molecule has 1 N–H and O–H groups in total. The van der Waals surface area contributed by atoms with Crippen molar-refractivity contribution < 1.29 is 5.11 Å². The van der Waals surface area contributed by atoms with Crippen molar-refractivity contribution in [2.24, 2.45) is 0 Å². The molecular formula is C14H18N2O. The number of fused-ring (bicyclic) bond motifs is 1. The number of hydrogen-bond acceptors (Lipinski definition) is 3. The Kier molecular flexibility index (Phi) is 4.13. The fourth-order valence-corrected chi connectivity index (χ4v) is 2.55. The largest absolute Gasteiger partial charge is 0.394 e. The summed E-state index contributed by atoms with van der Waals surface area (Å²) in [4.78, 5) is 2.29. The Morgan fingerprint density at radius 1 is 1.41 bits per heavy atom. The van der Waals surface area contributed by atoms with Gasteiger partial charge in [0.15, 0.2) is 0 Å². The van der Waals surface area contributed by atoms with Gasteiger partial charge in [0.2, 0.25) is 0 Å². The molecule has 0 radical (unpaired) electrons. The maximum atomic E-state index is 9.56. The molecule has 2 rings (SSSR count). The number of rotatable bonds is 4. The van der Waals surface area contributed by atoms with Crippen molar-refractivity contribution in [3.63, 3.8) is 0 Å².